The van der Waals surface area contributed by atoms with Crippen molar-refractivity contribution in [3.8, 4) is 22.5 Å². The molecule has 0 aliphatic carbocycles. The summed E-state index contributed by atoms with van der Waals surface area (Å²) in [6.45, 7) is 0. The lowest BCUT2D eigenvalue weighted by atomic mass is 10.0. The van der Waals surface area contributed by atoms with E-state index in [0.29, 0.717) is 6.07 Å². The molecule has 11 heteroatoms. The number of hydrogen-bond acceptors (Lipinski definition) is 6. The molecule has 0 atom stereocenters. The molecule has 0 aliphatic heterocycles. The van der Waals surface area contributed by atoms with Gasteiger partial charge in [-0.2, -0.15) is 13.2 Å². The van der Waals surface area contributed by atoms with Crippen LogP contribution in [0.25, 0.3) is 22.5 Å². The van der Waals surface area contributed by atoms with Crippen molar-refractivity contribution in [1.82, 2.24) is 19.9 Å². The number of hydrogen-bond donors (Lipinski definition) is 1. The summed E-state index contributed by atoms with van der Waals surface area (Å²) < 4.78 is 66.7. The highest BCUT2D eigenvalue weighted by Gasteiger charge is 2.35. The monoisotopic (exact) mass is 471 g/mol. The Morgan fingerprint density at radius 2 is 1.71 bits per heavy atom. The molecule has 3 heterocycles. The number of anilines is 1. The second-order valence-electron chi connectivity index (χ2n) is 7.16. The molecular weight excluding hydrogens is 457 g/mol. The van der Waals surface area contributed by atoms with Gasteiger partial charge in [0.1, 0.15) is 23.1 Å². The number of benzene rings is 1. The first-order valence-electron chi connectivity index (χ1n) is 9.72. The number of alkyl halides is 3. The first kappa shape index (κ1) is 22.9. The van der Waals surface area contributed by atoms with Gasteiger partial charge in [0.05, 0.1) is 11.4 Å². The van der Waals surface area contributed by atoms with Crippen molar-refractivity contribution in [2.75, 3.05) is 5.73 Å². The van der Waals surface area contributed by atoms with E-state index in [0.717, 1.165) is 12.1 Å². The van der Waals surface area contributed by atoms with Gasteiger partial charge in [-0.1, -0.05) is 6.07 Å². The first-order valence-corrected chi connectivity index (χ1v) is 9.72. The predicted octanol–water partition coefficient (Wildman–Crippen LogP) is 4.91. The number of nitrogen functional groups attached to an aromatic ring is 1. The molecule has 0 amide bonds. The number of ketones is 1. The second-order valence-corrected chi connectivity index (χ2v) is 7.16. The van der Waals surface area contributed by atoms with E-state index in [4.69, 9.17) is 5.73 Å². The lowest BCUT2D eigenvalue weighted by Crippen LogP contribution is -2.13. The van der Waals surface area contributed by atoms with Gasteiger partial charge < -0.3 is 5.73 Å². The highest BCUT2D eigenvalue weighted by atomic mass is 19.4. The smallest absolute Gasteiger partial charge is 0.384 e. The van der Waals surface area contributed by atoms with Gasteiger partial charge in [0.15, 0.2) is 5.78 Å². The number of rotatable bonds is 5. The molecule has 0 radical (unpaired) electrons. The summed E-state index contributed by atoms with van der Waals surface area (Å²) in [5.41, 5.74) is 6.00. The van der Waals surface area contributed by atoms with Crippen molar-refractivity contribution >= 4 is 11.6 Å². The largest absolute Gasteiger partial charge is 0.451 e. The van der Waals surface area contributed by atoms with Crippen LogP contribution in [-0.4, -0.2) is 25.7 Å². The van der Waals surface area contributed by atoms with E-state index < -0.39 is 29.4 Å². The minimum Gasteiger partial charge on any atom is -0.384 e. The van der Waals surface area contributed by atoms with E-state index in [-0.39, 0.29) is 46.0 Å². The van der Waals surface area contributed by atoms with Crippen LogP contribution >= 0.6 is 0 Å². The Balaban J connectivity index is 1.67. The van der Waals surface area contributed by atoms with Crippen LogP contribution in [0.4, 0.5) is 27.8 Å². The summed E-state index contributed by atoms with van der Waals surface area (Å²) >= 11 is 0. The number of nitrogens with zero attached hydrogens (tertiary/aromatic N) is 4. The van der Waals surface area contributed by atoms with Gasteiger partial charge in [0.25, 0.3) is 0 Å². The number of Topliss-reactive ketones (excluding diaryl/α,β-unsaturated/α-hetero) is 1. The summed E-state index contributed by atoms with van der Waals surface area (Å²) in [6.07, 6.45) is -2.43. The lowest BCUT2D eigenvalue weighted by molar-refractivity contribution is -0.144. The molecule has 1 aromatic carbocycles. The highest BCUT2D eigenvalue weighted by molar-refractivity contribution is 5.97. The van der Waals surface area contributed by atoms with E-state index >= 15 is 0 Å². The molecular formula is C23H14F5N5O. The fourth-order valence-electron chi connectivity index (χ4n) is 3.25. The maximum Gasteiger partial charge on any atom is 0.451 e. The molecule has 0 aliphatic rings. The van der Waals surface area contributed by atoms with Crippen LogP contribution in [0.2, 0.25) is 0 Å². The second kappa shape index (κ2) is 8.93. The fourth-order valence-corrected chi connectivity index (χ4v) is 3.25. The van der Waals surface area contributed by atoms with Crippen molar-refractivity contribution in [3.63, 3.8) is 0 Å². The first-order chi connectivity index (χ1) is 16.1. The number of carbonyl (C=O) groups is 1. The predicted molar refractivity (Wildman–Crippen MR) is 112 cm³/mol. The summed E-state index contributed by atoms with van der Waals surface area (Å²) in [6, 6.07) is 9.91. The summed E-state index contributed by atoms with van der Waals surface area (Å²) in [4.78, 5) is 27.8. The van der Waals surface area contributed by atoms with Crippen molar-refractivity contribution in [1.29, 1.82) is 0 Å². The minimum atomic E-state index is -4.81. The summed E-state index contributed by atoms with van der Waals surface area (Å²) in [5.74, 6) is -3.89. The van der Waals surface area contributed by atoms with Crippen LogP contribution in [0.1, 0.15) is 21.9 Å². The molecule has 2 N–H and O–H groups in total. The maximum absolute atomic E-state index is 14.1. The third-order valence-electron chi connectivity index (χ3n) is 4.77. The van der Waals surface area contributed by atoms with Gasteiger partial charge in [0.2, 0.25) is 5.82 Å². The average molecular weight is 471 g/mol. The molecule has 34 heavy (non-hydrogen) atoms. The topological polar surface area (TPSA) is 94.7 Å². The number of nitrogens with two attached hydrogens (primary N) is 1. The Hall–Kier alpha value is -4.28. The average Bonchev–Trinajstić information content (AvgIpc) is 2.78. The molecule has 0 saturated carbocycles. The lowest BCUT2D eigenvalue weighted by Gasteiger charge is -2.11. The molecule has 0 saturated heterocycles. The molecule has 6 nitrogen and oxygen atoms in total. The molecule has 0 bridgehead atoms. The fraction of sp³-hybridized carbons (Fsp3) is 0.0870. The maximum atomic E-state index is 14.1. The van der Waals surface area contributed by atoms with Gasteiger partial charge in [0, 0.05) is 42.1 Å². The van der Waals surface area contributed by atoms with Gasteiger partial charge in [-0.3, -0.25) is 9.78 Å². The Bertz CT molecular complexity index is 1390. The Morgan fingerprint density at radius 3 is 2.44 bits per heavy atom. The summed E-state index contributed by atoms with van der Waals surface area (Å²) in [5, 5.41) is 0. The molecule has 4 aromatic rings. The van der Waals surface area contributed by atoms with Gasteiger partial charge >= 0.3 is 6.18 Å². The normalized spacial score (nSPS) is 11.4. The van der Waals surface area contributed by atoms with Crippen molar-refractivity contribution < 1.29 is 26.7 Å². The van der Waals surface area contributed by atoms with Crippen molar-refractivity contribution in [3.05, 3.63) is 89.6 Å². The molecule has 0 fully saturated rings. The summed E-state index contributed by atoms with van der Waals surface area (Å²) in [7, 11) is 0. The van der Waals surface area contributed by atoms with E-state index in [2.05, 4.69) is 19.9 Å². The number of pyridine rings is 2. The third-order valence-corrected chi connectivity index (χ3v) is 4.77. The Morgan fingerprint density at radius 1 is 0.912 bits per heavy atom. The Kier molecular flexibility index (Phi) is 6.01. The van der Waals surface area contributed by atoms with E-state index in [1.165, 1.54) is 42.7 Å². The van der Waals surface area contributed by atoms with Gasteiger partial charge in [-0.15, -0.1) is 0 Å². The van der Waals surface area contributed by atoms with Crippen molar-refractivity contribution in [2.45, 2.75) is 12.6 Å². The SMILES string of the molecule is Nc1cc(-c2ccncc2CC(=O)c2cccc(-c3ccc(F)cc3F)n2)nc(C(F)(F)F)n1. The number of halogens is 5. The quantitative estimate of drug-likeness (QED) is 0.329. The zero-order valence-corrected chi connectivity index (χ0v) is 17.1. The van der Waals surface area contributed by atoms with Crippen LogP contribution in [-0.2, 0) is 12.6 Å². The van der Waals surface area contributed by atoms with Crippen LogP contribution < -0.4 is 5.73 Å². The highest BCUT2D eigenvalue weighted by Crippen LogP contribution is 2.30. The van der Waals surface area contributed by atoms with Gasteiger partial charge in [-0.05, 0) is 35.9 Å². The van der Waals surface area contributed by atoms with Crippen LogP contribution in [0.5, 0.6) is 0 Å². The third kappa shape index (κ3) is 4.87. The number of aromatic nitrogens is 4. The van der Waals surface area contributed by atoms with Crippen LogP contribution in [0, 0.1) is 11.6 Å². The molecule has 0 spiro atoms. The molecule has 4 rings (SSSR count). The zero-order valence-electron chi connectivity index (χ0n) is 17.1. The van der Waals surface area contributed by atoms with Gasteiger partial charge in [-0.25, -0.2) is 23.7 Å². The zero-order chi connectivity index (χ0) is 24.5. The van der Waals surface area contributed by atoms with E-state index in [1.807, 2.05) is 0 Å². The molecule has 3 aromatic heterocycles. The number of carbonyl (C=O) groups excluding carboxylic acids is 1. The van der Waals surface area contributed by atoms with Crippen LogP contribution in [0.3, 0.4) is 0 Å². The molecule has 0 unspecified atom stereocenters. The Labute approximate surface area is 189 Å². The molecule has 172 valence electrons. The minimum absolute atomic E-state index is 0.00857. The van der Waals surface area contributed by atoms with E-state index in [9.17, 15) is 26.7 Å². The standard InChI is InChI=1S/C23H14F5N5O/c24-13-4-5-15(16(25)9-13)17-2-1-3-18(31-17)20(34)8-12-11-30-7-6-14(12)19-10-21(29)33-22(32-19)23(26,27)28/h1-7,9-11H,8H2,(H2,29,32,33). The van der Waals surface area contributed by atoms with Crippen molar-refractivity contribution in [2.24, 2.45) is 0 Å². The van der Waals surface area contributed by atoms with E-state index in [1.54, 1.807) is 0 Å². The van der Waals surface area contributed by atoms with Crippen LogP contribution in [0.15, 0.2) is 60.9 Å².